The van der Waals surface area contributed by atoms with Crippen molar-refractivity contribution in [2.45, 2.75) is 50.2 Å². The van der Waals surface area contributed by atoms with Gasteiger partial charge in [0.15, 0.2) is 0 Å². The molecule has 0 aromatic rings. The lowest BCUT2D eigenvalue weighted by molar-refractivity contribution is -0.139. The van der Waals surface area contributed by atoms with Gasteiger partial charge in [-0.15, -0.1) is 0 Å². The Morgan fingerprint density at radius 3 is 2.86 bits per heavy atom. The SMILES string of the molecule is CSCC[C@@H](NC(=O)NC1CCN2CCCCC12)C(=O)O. The number of thioether (sulfide) groups is 1. The number of fused-ring (bicyclic) bond motifs is 1. The minimum atomic E-state index is -0.968. The lowest BCUT2D eigenvalue weighted by atomic mass is 9.99. The third-order valence-electron chi connectivity index (χ3n) is 4.39. The molecule has 120 valence electrons. The van der Waals surface area contributed by atoms with Crippen LogP contribution in [0.2, 0.25) is 0 Å². The quantitative estimate of drug-likeness (QED) is 0.684. The van der Waals surface area contributed by atoms with Gasteiger partial charge in [0.25, 0.3) is 0 Å². The summed E-state index contributed by atoms with van der Waals surface area (Å²) >= 11 is 1.58. The topological polar surface area (TPSA) is 81.7 Å². The van der Waals surface area contributed by atoms with Crippen LogP contribution in [-0.2, 0) is 4.79 Å². The number of carboxylic acid groups (broad SMARTS) is 1. The molecule has 3 atom stereocenters. The molecule has 6 nitrogen and oxygen atoms in total. The fraction of sp³-hybridized carbons (Fsp3) is 0.857. The van der Waals surface area contributed by atoms with E-state index < -0.39 is 12.0 Å². The highest BCUT2D eigenvalue weighted by molar-refractivity contribution is 7.98. The molecule has 0 spiro atoms. The fourth-order valence-corrected chi connectivity index (χ4v) is 3.75. The molecule has 3 N–H and O–H groups in total. The summed E-state index contributed by atoms with van der Waals surface area (Å²) in [6.07, 6.45) is 6.91. The highest BCUT2D eigenvalue weighted by Crippen LogP contribution is 2.26. The molecule has 0 aromatic carbocycles. The van der Waals surface area contributed by atoms with Crippen molar-refractivity contribution in [3.8, 4) is 0 Å². The lowest BCUT2D eigenvalue weighted by Crippen LogP contribution is -2.53. The molecular formula is C14H25N3O3S. The van der Waals surface area contributed by atoms with E-state index in [9.17, 15) is 9.59 Å². The molecule has 0 saturated carbocycles. The molecule has 21 heavy (non-hydrogen) atoms. The van der Waals surface area contributed by atoms with Crippen LogP contribution >= 0.6 is 11.8 Å². The number of rotatable bonds is 6. The molecule has 2 unspecified atom stereocenters. The second-order valence-electron chi connectivity index (χ2n) is 5.78. The number of piperidine rings is 1. The average Bonchev–Trinajstić information content (AvgIpc) is 2.86. The molecule has 2 aliphatic heterocycles. The molecule has 2 fully saturated rings. The average molecular weight is 315 g/mol. The van der Waals surface area contributed by atoms with Gasteiger partial charge < -0.3 is 15.7 Å². The second kappa shape index (κ2) is 7.89. The number of nitrogens with one attached hydrogen (secondary N) is 2. The molecule has 2 heterocycles. The normalized spacial score (nSPS) is 26.9. The van der Waals surface area contributed by atoms with Crippen LogP contribution in [0.25, 0.3) is 0 Å². The van der Waals surface area contributed by atoms with Crippen LogP contribution in [0.4, 0.5) is 4.79 Å². The van der Waals surface area contributed by atoms with E-state index in [1.165, 1.54) is 12.8 Å². The van der Waals surface area contributed by atoms with Crippen molar-refractivity contribution in [1.29, 1.82) is 0 Å². The smallest absolute Gasteiger partial charge is 0.326 e. The van der Waals surface area contributed by atoms with Gasteiger partial charge in [0.05, 0.1) is 0 Å². The van der Waals surface area contributed by atoms with Crippen LogP contribution < -0.4 is 10.6 Å². The van der Waals surface area contributed by atoms with Crippen LogP contribution in [0, 0.1) is 0 Å². The number of amides is 2. The van der Waals surface area contributed by atoms with Crippen molar-refractivity contribution in [3.05, 3.63) is 0 Å². The molecule has 0 aromatic heterocycles. The minimum Gasteiger partial charge on any atom is -0.480 e. The van der Waals surface area contributed by atoms with Crippen LogP contribution in [0.1, 0.15) is 32.1 Å². The Balaban J connectivity index is 1.81. The van der Waals surface area contributed by atoms with Gasteiger partial charge in [0, 0.05) is 18.6 Å². The molecule has 0 bridgehead atoms. The zero-order chi connectivity index (χ0) is 15.2. The molecule has 0 radical (unpaired) electrons. The first-order valence-electron chi connectivity index (χ1n) is 7.64. The predicted molar refractivity (Wildman–Crippen MR) is 83.7 cm³/mol. The maximum Gasteiger partial charge on any atom is 0.326 e. The molecular weight excluding hydrogens is 290 g/mol. The van der Waals surface area contributed by atoms with Gasteiger partial charge in [-0.1, -0.05) is 6.42 Å². The first-order valence-corrected chi connectivity index (χ1v) is 9.04. The zero-order valence-electron chi connectivity index (χ0n) is 12.5. The Kier molecular flexibility index (Phi) is 6.17. The highest BCUT2D eigenvalue weighted by atomic mass is 32.2. The number of aliphatic carboxylic acids is 1. The Morgan fingerprint density at radius 1 is 1.33 bits per heavy atom. The van der Waals surface area contributed by atoms with E-state index >= 15 is 0 Å². The summed E-state index contributed by atoms with van der Waals surface area (Å²) in [4.78, 5) is 25.6. The van der Waals surface area contributed by atoms with E-state index in [-0.39, 0.29) is 12.1 Å². The van der Waals surface area contributed by atoms with Crippen molar-refractivity contribution < 1.29 is 14.7 Å². The van der Waals surface area contributed by atoms with E-state index in [4.69, 9.17) is 5.11 Å². The summed E-state index contributed by atoms with van der Waals surface area (Å²) < 4.78 is 0. The first-order chi connectivity index (χ1) is 10.1. The van der Waals surface area contributed by atoms with E-state index in [0.29, 0.717) is 12.5 Å². The zero-order valence-corrected chi connectivity index (χ0v) is 13.3. The van der Waals surface area contributed by atoms with E-state index in [1.807, 2.05) is 6.26 Å². The van der Waals surface area contributed by atoms with Gasteiger partial charge in [-0.2, -0.15) is 11.8 Å². The summed E-state index contributed by atoms with van der Waals surface area (Å²) in [7, 11) is 0. The number of carbonyl (C=O) groups excluding carboxylic acids is 1. The maximum atomic E-state index is 12.0. The van der Waals surface area contributed by atoms with Gasteiger partial charge in [-0.05, 0) is 44.2 Å². The minimum absolute atomic E-state index is 0.153. The van der Waals surface area contributed by atoms with Crippen LogP contribution in [-0.4, -0.2) is 65.2 Å². The van der Waals surface area contributed by atoms with Crippen LogP contribution in [0.3, 0.4) is 0 Å². The number of carbonyl (C=O) groups is 2. The summed E-state index contributed by atoms with van der Waals surface area (Å²) in [5.41, 5.74) is 0. The van der Waals surface area contributed by atoms with Crippen molar-refractivity contribution in [1.82, 2.24) is 15.5 Å². The summed E-state index contributed by atoms with van der Waals surface area (Å²) in [6.45, 7) is 2.15. The standard InChI is InChI=1S/C14H25N3O3S/c1-21-9-6-11(13(18)19)16-14(20)15-10-5-8-17-7-3-2-4-12(10)17/h10-12H,2-9H2,1H3,(H,18,19)(H2,15,16,20)/t10?,11-,12?/m1/s1. The Morgan fingerprint density at radius 2 is 2.14 bits per heavy atom. The third kappa shape index (κ3) is 4.51. The van der Waals surface area contributed by atoms with Gasteiger partial charge in [0.1, 0.15) is 6.04 Å². The summed E-state index contributed by atoms with van der Waals surface area (Å²) in [5.74, 6) is -0.248. The van der Waals surface area contributed by atoms with Gasteiger partial charge in [-0.3, -0.25) is 4.90 Å². The fourth-order valence-electron chi connectivity index (χ4n) is 3.28. The number of nitrogens with zero attached hydrogens (tertiary/aromatic N) is 1. The first kappa shape index (κ1) is 16.4. The van der Waals surface area contributed by atoms with E-state index in [2.05, 4.69) is 15.5 Å². The molecule has 0 aliphatic carbocycles. The summed E-state index contributed by atoms with van der Waals surface area (Å²) in [6, 6.07) is -0.568. The van der Waals surface area contributed by atoms with Crippen molar-refractivity contribution in [3.63, 3.8) is 0 Å². The van der Waals surface area contributed by atoms with Crippen molar-refractivity contribution in [2.75, 3.05) is 25.1 Å². The number of hydrogen-bond acceptors (Lipinski definition) is 4. The molecule has 2 aliphatic rings. The Bertz CT molecular complexity index is 380. The van der Waals surface area contributed by atoms with Crippen LogP contribution in [0.15, 0.2) is 0 Å². The monoisotopic (exact) mass is 315 g/mol. The molecule has 2 saturated heterocycles. The predicted octanol–water partition coefficient (Wildman–Crippen LogP) is 1.12. The van der Waals surface area contributed by atoms with Gasteiger partial charge in [0.2, 0.25) is 0 Å². The maximum absolute atomic E-state index is 12.0. The number of carboxylic acids is 1. The second-order valence-corrected chi connectivity index (χ2v) is 6.77. The molecule has 7 heteroatoms. The molecule has 2 rings (SSSR count). The molecule has 2 amide bonds. The number of urea groups is 1. The summed E-state index contributed by atoms with van der Waals surface area (Å²) in [5, 5.41) is 14.7. The largest absolute Gasteiger partial charge is 0.480 e. The van der Waals surface area contributed by atoms with Crippen LogP contribution in [0.5, 0.6) is 0 Å². The van der Waals surface area contributed by atoms with Gasteiger partial charge in [-0.25, -0.2) is 9.59 Å². The van der Waals surface area contributed by atoms with E-state index in [1.54, 1.807) is 11.8 Å². The van der Waals surface area contributed by atoms with E-state index in [0.717, 1.165) is 31.7 Å². The number of hydrogen-bond donors (Lipinski definition) is 3. The lowest BCUT2D eigenvalue weighted by Gasteiger charge is -2.32. The Labute approximate surface area is 130 Å². The van der Waals surface area contributed by atoms with Crippen molar-refractivity contribution >= 4 is 23.8 Å². The third-order valence-corrected chi connectivity index (χ3v) is 5.03. The highest BCUT2D eigenvalue weighted by Gasteiger charge is 2.36. The van der Waals surface area contributed by atoms with Gasteiger partial charge >= 0.3 is 12.0 Å². The van der Waals surface area contributed by atoms with Crippen molar-refractivity contribution in [2.24, 2.45) is 0 Å². The Hall–Kier alpha value is -0.950.